The molecule has 1 heterocycles. The van der Waals surface area contributed by atoms with E-state index < -0.39 is 0 Å². The van der Waals surface area contributed by atoms with E-state index in [4.69, 9.17) is 5.26 Å². The Morgan fingerprint density at radius 3 is 2.86 bits per heavy atom. The molecule has 0 bridgehead atoms. The normalized spacial score (nSPS) is 17.6. The molecule has 3 nitrogen and oxygen atoms in total. The molecule has 1 saturated carbocycles. The molecule has 0 aliphatic heterocycles. The number of nitrogens with zero attached hydrogens (tertiary/aromatic N) is 2. The molecule has 1 aromatic rings. The van der Waals surface area contributed by atoms with Crippen molar-refractivity contribution >= 4 is 16.5 Å². The summed E-state index contributed by atoms with van der Waals surface area (Å²) in [6.07, 6.45) is 8.10. The van der Waals surface area contributed by atoms with Gasteiger partial charge in [-0.3, -0.25) is 0 Å². The van der Waals surface area contributed by atoms with E-state index >= 15 is 0 Å². The monoisotopic (exact) mass is 207 g/mol. The molecular formula is C10H13N3S. The van der Waals surface area contributed by atoms with E-state index in [1.165, 1.54) is 43.4 Å². The van der Waals surface area contributed by atoms with E-state index in [0.29, 0.717) is 10.9 Å². The van der Waals surface area contributed by atoms with Gasteiger partial charge in [-0.1, -0.05) is 30.6 Å². The SMILES string of the molecule is N#Cc1cnc(NC2CCCCC2)s1. The topological polar surface area (TPSA) is 48.7 Å². The maximum atomic E-state index is 8.65. The number of rotatable bonds is 2. The minimum atomic E-state index is 0.571. The average Bonchev–Trinajstić information content (AvgIpc) is 2.67. The summed E-state index contributed by atoms with van der Waals surface area (Å²) in [4.78, 5) is 4.85. The summed E-state index contributed by atoms with van der Waals surface area (Å²) in [7, 11) is 0. The van der Waals surface area contributed by atoms with Gasteiger partial charge in [-0.25, -0.2) is 4.98 Å². The van der Waals surface area contributed by atoms with E-state index in [1.54, 1.807) is 6.20 Å². The highest BCUT2D eigenvalue weighted by Crippen LogP contribution is 2.24. The Morgan fingerprint density at radius 2 is 2.21 bits per heavy atom. The van der Waals surface area contributed by atoms with Gasteiger partial charge >= 0.3 is 0 Å². The molecule has 1 fully saturated rings. The summed E-state index contributed by atoms with van der Waals surface area (Å²) in [6.45, 7) is 0. The van der Waals surface area contributed by atoms with Crippen LogP contribution < -0.4 is 5.32 Å². The lowest BCUT2D eigenvalue weighted by molar-refractivity contribution is 0.462. The van der Waals surface area contributed by atoms with Crippen LogP contribution in [0, 0.1) is 11.3 Å². The Balaban J connectivity index is 1.93. The number of nitrogens with one attached hydrogen (secondary N) is 1. The van der Waals surface area contributed by atoms with Crippen molar-refractivity contribution in [2.24, 2.45) is 0 Å². The van der Waals surface area contributed by atoms with Crippen LogP contribution in [0.25, 0.3) is 0 Å². The molecule has 14 heavy (non-hydrogen) atoms. The molecule has 1 aliphatic rings. The Kier molecular flexibility index (Phi) is 3.00. The lowest BCUT2D eigenvalue weighted by Crippen LogP contribution is -2.21. The standard InChI is InChI=1S/C10H13N3S/c11-6-9-7-12-10(14-9)13-8-4-2-1-3-5-8/h7-8H,1-5H2,(H,12,13). The highest BCUT2D eigenvalue weighted by atomic mass is 32.1. The maximum Gasteiger partial charge on any atom is 0.184 e. The maximum absolute atomic E-state index is 8.65. The van der Waals surface area contributed by atoms with Gasteiger partial charge in [-0.2, -0.15) is 5.26 Å². The minimum Gasteiger partial charge on any atom is -0.359 e. The molecule has 0 saturated heterocycles. The van der Waals surface area contributed by atoms with Crippen molar-refractivity contribution in [1.29, 1.82) is 5.26 Å². The van der Waals surface area contributed by atoms with E-state index in [2.05, 4.69) is 16.4 Å². The Morgan fingerprint density at radius 1 is 1.43 bits per heavy atom. The molecule has 1 N–H and O–H groups in total. The smallest absolute Gasteiger partial charge is 0.184 e. The summed E-state index contributed by atoms with van der Waals surface area (Å²) in [5, 5.41) is 12.9. The predicted molar refractivity (Wildman–Crippen MR) is 57.3 cm³/mol. The minimum absolute atomic E-state index is 0.571. The highest BCUT2D eigenvalue weighted by Gasteiger charge is 2.14. The molecule has 4 heteroatoms. The molecule has 74 valence electrons. The second kappa shape index (κ2) is 4.43. The fraction of sp³-hybridized carbons (Fsp3) is 0.600. The average molecular weight is 207 g/mol. The van der Waals surface area contributed by atoms with E-state index in [0.717, 1.165) is 5.13 Å². The van der Waals surface area contributed by atoms with Crippen molar-refractivity contribution in [3.8, 4) is 6.07 Å². The van der Waals surface area contributed by atoms with Gasteiger partial charge in [0, 0.05) is 6.04 Å². The number of nitriles is 1. The van der Waals surface area contributed by atoms with Crippen LogP contribution in [0.3, 0.4) is 0 Å². The first-order valence-corrected chi connectivity index (χ1v) is 5.82. The van der Waals surface area contributed by atoms with Crippen molar-refractivity contribution in [2.45, 2.75) is 38.1 Å². The zero-order valence-electron chi connectivity index (χ0n) is 7.99. The van der Waals surface area contributed by atoms with Crippen LogP contribution >= 0.6 is 11.3 Å². The second-order valence-corrected chi connectivity index (χ2v) is 4.65. The van der Waals surface area contributed by atoms with Crippen molar-refractivity contribution in [3.05, 3.63) is 11.1 Å². The third-order valence-corrected chi connectivity index (χ3v) is 3.38. The quantitative estimate of drug-likeness (QED) is 0.811. The number of thiazole rings is 1. The fourth-order valence-corrected chi connectivity index (χ4v) is 2.50. The summed E-state index contributed by atoms with van der Waals surface area (Å²) < 4.78 is 0. The molecule has 0 spiro atoms. The Labute approximate surface area is 87.8 Å². The van der Waals surface area contributed by atoms with Gasteiger partial charge < -0.3 is 5.32 Å². The Hall–Kier alpha value is -1.08. The molecule has 2 rings (SSSR count). The largest absolute Gasteiger partial charge is 0.359 e. The second-order valence-electron chi connectivity index (χ2n) is 3.62. The molecule has 0 aromatic carbocycles. The number of hydrogen-bond acceptors (Lipinski definition) is 4. The van der Waals surface area contributed by atoms with Gasteiger partial charge in [0.1, 0.15) is 10.9 Å². The molecule has 0 atom stereocenters. The van der Waals surface area contributed by atoms with Crippen molar-refractivity contribution < 1.29 is 0 Å². The van der Waals surface area contributed by atoms with E-state index in [9.17, 15) is 0 Å². The summed E-state index contributed by atoms with van der Waals surface area (Å²) in [6, 6.07) is 2.67. The van der Waals surface area contributed by atoms with Gasteiger partial charge in [0.05, 0.1) is 6.20 Å². The molecule has 0 amide bonds. The summed E-state index contributed by atoms with van der Waals surface area (Å²) >= 11 is 1.44. The zero-order valence-corrected chi connectivity index (χ0v) is 8.81. The van der Waals surface area contributed by atoms with Crippen LogP contribution in [-0.4, -0.2) is 11.0 Å². The first-order chi connectivity index (χ1) is 6.88. The number of anilines is 1. The van der Waals surface area contributed by atoms with Crippen molar-refractivity contribution in [3.63, 3.8) is 0 Å². The lowest BCUT2D eigenvalue weighted by atomic mass is 9.96. The molecule has 1 aliphatic carbocycles. The van der Waals surface area contributed by atoms with Crippen molar-refractivity contribution in [1.82, 2.24) is 4.98 Å². The molecule has 0 unspecified atom stereocenters. The number of aromatic nitrogens is 1. The van der Waals surface area contributed by atoms with Crippen LogP contribution in [0.4, 0.5) is 5.13 Å². The van der Waals surface area contributed by atoms with Crippen molar-refractivity contribution in [2.75, 3.05) is 5.32 Å². The van der Waals surface area contributed by atoms with E-state index in [1.807, 2.05) is 0 Å². The molecular weight excluding hydrogens is 194 g/mol. The first kappa shape index (κ1) is 9.47. The van der Waals surface area contributed by atoms with E-state index in [-0.39, 0.29) is 0 Å². The lowest BCUT2D eigenvalue weighted by Gasteiger charge is -2.22. The van der Waals surface area contributed by atoms with Gasteiger partial charge in [0.2, 0.25) is 0 Å². The van der Waals surface area contributed by atoms with Gasteiger partial charge in [0.15, 0.2) is 5.13 Å². The number of hydrogen-bond donors (Lipinski definition) is 1. The highest BCUT2D eigenvalue weighted by molar-refractivity contribution is 7.16. The van der Waals surface area contributed by atoms with Gasteiger partial charge in [-0.05, 0) is 12.8 Å². The zero-order chi connectivity index (χ0) is 9.80. The van der Waals surface area contributed by atoms with Crippen LogP contribution in [0.5, 0.6) is 0 Å². The van der Waals surface area contributed by atoms with Crippen LogP contribution in [0.1, 0.15) is 37.0 Å². The summed E-state index contributed by atoms with van der Waals surface area (Å²) in [5.41, 5.74) is 0. The van der Waals surface area contributed by atoms with Crippen LogP contribution in [0.2, 0.25) is 0 Å². The van der Waals surface area contributed by atoms with Crippen LogP contribution in [0.15, 0.2) is 6.20 Å². The summed E-state index contributed by atoms with van der Waals surface area (Å²) in [5.74, 6) is 0. The predicted octanol–water partition coefficient (Wildman–Crippen LogP) is 2.76. The van der Waals surface area contributed by atoms with Crippen LogP contribution in [-0.2, 0) is 0 Å². The fourth-order valence-electron chi connectivity index (χ4n) is 1.81. The Bertz CT molecular complexity index is 333. The van der Waals surface area contributed by atoms with Gasteiger partial charge in [-0.15, -0.1) is 0 Å². The van der Waals surface area contributed by atoms with Gasteiger partial charge in [0.25, 0.3) is 0 Å². The first-order valence-electron chi connectivity index (χ1n) is 5.01. The third-order valence-electron chi connectivity index (χ3n) is 2.55. The third kappa shape index (κ3) is 2.24. The molecule has 0 radical (unpaired) electrons. The molecule has 1 aromatic heterocycles.